The zero-order valence-electron chi connectivity index (χ0n) is 18.7. The second-order valence-electron chi connectivity index (χ2n) is 7.43. The van der Waals surface area contributed by atoms with E-state index in [-0.39, 0.29) is 24.3 Å². The van der Waals surface area contributed by atoms with Crippen LogP contribution in [0.2, 0.25) is 0 Å². The highest BCUT2D eigenvalue weighted by atomic mass is 16.5. The molecule has 0 bridgehead atoms. The van der Waals surface area contributed by atoms with Gasteiger partial charge in [-0.15, -0.1) is 0 Å². The molecule has 0 unspecified atom stereocenters. The van der Waals surface area contributed by atoms with Crippen LogP contribution in [-0.2, 0) is 16.2 Å². The van der Waals surface area contributed by atoms with Crippen molar-refractivity contribution in [1.29, 1.82) is 0 Å². The third kappa shape index (κ3) is 7.21. The smallest absolute Gasteiger partial charge is 0.254 e. The Morgan fingerprint density at radius 2 is 1.52 bits per heavy atom. The molecule has 0 atom stereocenters. The third-order valence-corrected chi connectivity index (χ3v) is 4.82. The van der Waals surface area contributed by atoms with Crippen LogP contribution in [0, 0.1) is 0 Å². The SMILES string of the molecule is CCN(CC(=O)Nc1ccc(NC(C)=O)cc1)C(=O)c1cccc(OCc2ccccc2)c1. The Hall–Kier alpha value is -4.13. The van der Waals surface area contributed by atoms with Crippen molar-refractivity contribution < 1.29 is 19.1 Å². The summed E-state index contributed by atoms with van der Waals surface area (Å²) in [6.07, 6.45) is 0. The quantitative estimate of drug-likeness (QED) is 0.513. The molecule has 2 N–H and O–H groups in total. The van der Waals surface area contributed by atoms with Crippen molar-refractivity contribution >= 4 is 29.1 Å². The minimum absolute atomic E-state index is 0.0854. The second-order valence-corrected chi connectivity index (χ2v) is 7.43. The number of carbonyl (C=O) groups is 3. The molecule has 0 radical (unpaired) electrons. The average Bonchev–Trinajstić information content (AvgIpc) is 2.82. The molecule has 0 aliphatic carbocycles. The number of rotatable bonds is 9. The van der Waals surface area contributed by atoms with Crippen LogP contribution < -0.4 is 15.4 Å². The minimum atomic E-state index is -0.311. The summed E-state index contributed by atoms with van der Waals surface area (Å²) in [5.74, 6) is -0.143. The number of likely N-dealkylation sites (N-methyl/N-ethyl adjacent to an activating group) is 1. The molecule has 0 aromatic heterocycles. The molecule has 3 amide bonds. The van der Waals surface area contributed by atoms with E-state index in [0.717, 1.165) is 5.56 Å². The minimum Gasteiger partial charge on any atom is -0.489 e. The first kappa shape index (κ1) is 23.5. The fraction of sp³-hybridized carbons (Fsp3) is 0.192. The van der Waals surface area contributed by atoms with Crippen LogP contribution >= 0.6 is 0 Å². The number of hydrogen-bond acceptors (Lipinski definition) is 4. The summed E-state index contributed by atoms with van der Waals surface area (Å²) in [5, 5.41) is 5.44. The molecule has 0 aliphatic heterocycles. The van der Waals surface area contributed by atoms with Crippen molar-refractivity contribution in [3.8, 4) is 5.75 Å². The van der Waals surface area contributed by atoms with E-state index in [2.05, 4.69) is 10.6 Å². The van der Waals surface area contributed by atoms with E-state index in [1.807, 2.05) is 37.3 Å². The van der Waals surface area contributed by atoms with Crippen LogP contribution in [0.5, 0.6) is 5.75 Å². The Bertz CT molecular complexity index is 1100. The van der Waals surface area contributed by atoms with Gasteiger partial charge in [0, 0.05) is 30.4 Å². The number of nitrogens with one attached hydrogen (secondary N) is 2. The van der Waals surface area contributed by atoms with Crippen molar-refractivity contribution in [1.82, 2.24) is 4.90 Å². The molecule has 33 heavy (non-hydrogen) atoms. The normalized spacial score (nSPS) is 10.2. The first-order valence-electron chi connectivity index (χ1n) is 10.7. The molecule has 7 heteroatoms. The highest BCUT2D eigenvalue weighted by molar-refractivity contribution is 5.99. The van der Waals surface area contributed by atoms with Gasteiger partial charge in [0.25, 0.3) is 5.91 Å². The van der Waals surface area contributed by atoms with E-state index in [1.54, 1.807) is 48.5 Å². The maximum atomic E-state index is 13.0. The molecule has 3 aromatic rings. The fourth-order valence-corrected chi connectivity index (χ4v) is 3.18. The Labute approximate surface area is 193 Å². The molecular weight excluding hydrogens is 418 g/mol. The maximum absolute atomic E-state index is 13.0. The number of hydrogen-bond donors (Lipinski definition) is 2. The van der Waals surface area contributed by atoms with E-state index in [0.29, 0.717) is 35.8 Å². The van der Waals surface area contributed by atoms with E-state index >= 15 is 0 Å². The number of benzene rings is 3. The van der Waals surface area contributed by atoms with E-state index in [1.165, 1.54) is 11.8 Å². The number of amides is 3. The van der Waals surface area contributed by atoms with Gasteiger partial charge in [0.2, 0.25) is 11.8 Å². The van der Waals surface area contributed by atoms with Gasteiger partial charge in [0.1, 0.15) is 18.9 Å². The Morgan fingerprint density at radius 3 is 2.15 bits per heavy atom. The van der Waals surface area contributed by atoms with Crippen LogP contribution in [0.1, 0.15) is 29.8 Å². The monoisotopic (exact) mass is 445 g/mol. The number of anilines is 2. The molecule has 0 fully saturated rings. The molecule has 7 nitrogen and oxygen atoms in total. The Morgan fingerprint density at radius 1 is 0.848 bits per heavy atom. The summed E-state index contributed by atoms with van der Waals surface area (Å²) >= 11 is 0. The maximum Gasteiger partial charge on any atom is 0.254 e. The van der Waals surface area contributed by atoms with Crippen LogP contribution in [0.3, 0.4) is 0 Å². The first-order chi connectivity index (χ1) is 15.9. The van der Waals surface area contributed by atoms with E-state index < -0.39 is 0 Å². The lowest BCUT2D eigenvalue weighted by atomic mass is 10.2. The van der Waals surface area contributed by atoms with E-state index in [9.17, 15) is 14.4 Å². The van der Waals surface area contributed by atoms with E-state index in [4.69, 9.17) is 4.74 Å². The number of carbonyl (C=O) groups excluding carboxylic acids is 3. The van der Waals surface area contributed by atoms with Gasteiger partial charge in [0.15, 0.2) is 0 Å². The van der Waals surface area contributed by atoms with Crippen molar-refractivity contribution in [2.75, 3.05) is 23.7 Å². The zero-order valence-corrected chi connectivity index (χ0v) is 18.7. The lowest BCUT2D eigenvalue weighted by Gasteiger charge is -2.21. The average molecular weight is 446 g/mol. The highest BCUT2D eigenvalue weighted by Gasteiger charge is 2.18. The predicted octanol–water partition coefficient (Wildman–Crippen LogP) is 4.32. The third-order valence-electron chi connectivity index (χ3n) is 4.82. The summed E-state index contributed by atoms with van der Waals surface area (Å²) in [6, 6.07) is 23.5. The standard InChI is InChI=1S/C26H27N3O4/c1-3-29(17-25(31)28-23-14-12-22(13-15-23)27-19(2)30)26(32)21-10-7-11-24(16-21)33-18-20-8-5-4-6-9-20/h4-16H,3,17-18H2,1-2H3,(H,27,30)(H,28,31). The lowest BCUT2D eigenvalue weighted by molar-refractivity contribution is -0.117. The van der Waals surface area contributed by atoms with Crippen LogP contribution in [0.15, 0.2) is 78.9 Å². The van der Waals surface area contributed by atoms with Gasteiger partial charge in [-0.1, -0.05) is 36.4 Å². The van der Waals surface area contributed by atoms with Gasteiger partial charge < -0.3 is 20.3 Å². The van der Waals surface area contributed by atoms with Gasteiger partial charge in [-0.25, -0.2) is 0 Å². The molecule has 3 rings (SSSR count). The van der Waals surface area contributed by atoms with Crippen LogP contribution in [0.4, 0.5) is 11.4 Å². The Kier molecular flexibility index (Phi) is 8.18. The second kappa shape index (κ2) is 11.5. The molecule has 0 spiro atoms. The topological polar surface area (TPSA) is 87.7 Å². The first-order valence-corrected chi connectivity index (χ1v) is 10.7. The summed E-state index contributed by atoms with van der Waals surface area (Å²) in [5.41, 5.74) is 2.70. The van der Waals surface area contributed by atoms with Crippen molar-refractivity contribution in [2.24, 2.45) is 0 Å². The molecule has 0 saturated carbocycles. The largest absolute Gasteiger partial charge is 0.489 e. The summed E-state index contributed by atoms with van der Waals surface area (Å²) < 4.78 is 5.81. The fourth-order valence-electron chi connectivity index (χ4n) is 3.18. The molecule has 0 aliphatic rings. The van der Waals surface area contributed by atoms with Crippen molar-refractivity contribution in [3.63, 3.8) is 0 Å². The summed E-state index contributed by atoms with van der Waals surface area (Å²) in [4.78, 5) is 38.1. The van der Waals surface area contributed by atoms with Crippen LogP contribution in [-0.4, -0.2) is 35.7 Å². The summed E-state index contributed by atoms with van der Waals surface area (Å²) in [7, 11) is 0. The molecule has 0 saturated heterocycles. The highest BCUT2D eigenvalue weighted by Crippen LogP contribution is 2.17. The number of nitrogens with zero attached hydrogens (tertiary/aromatic N) is 1. The number of ether oxygens (including phenoxy) is 1. The summed E-state index contributed by atoms with van der Waals surface area (Å²) in [6.45, 7) is 3.94. The Balaban J connectivity index is 1.58. The van der Waals surface area contributed by atoms with Gasteiger partial charge in [-0.3, -0.25) is 14.4 Å². The zero-order chi connectivity index (χ0) is 23.6. The molecule has 3 aromatic carbocycles. The van der Waals surface area contributed by atoms with Gasteiger partial charge in [-0.2, -0.15) is 0 Å². The lowest BCUT2D eigenvalue weighted by Crippen LogP contribution is -2.37. The molecule has 0 heterocycles. The van der Waals surface area contributed by atoms with Crippen molar-refractivity contribution in [3.05, 3.63) is 90.0 Å². The van der Waals surface area contributed by atoms with Gasteiger partial charge >= 0.3 is 0 Å². The van der Waals surface area contributed by atoms with Gasteiger partial charge in [-0.05, 0) is 55.0 Å². The van der Waals surface area contributed by atoms with Crippen molar-refractivity contribution in [2.45, 2.75) is 20.5 Å². The molecule has 170 valence electrons. The molecular formula is C26H27N3O4. The van der Waals surface area contributed by atoms with Gasteiger partial charge in [0.05, 0.1) is 0 Å². The van der Waals surface area contributed by atoms with Crippen LogP contribution in [0.25, 0.3) is 0 Å². The predicted molar refractivity (Wildman–Crippen MR) is 128 cm³/mol.